The standard InChI is InChI=1S/C18H23N3O3S.HI/c22-25(23)12-9-16(14-25)21-18(19-10-8-17-7-4-11-24-17)20-13-15-5-2-1-3-6-15;/h1-7,11,16H,8-10,12-14H2,(H2,19,20,21);1H. The first-order valence-corrected chi connectivity index (χ1v) is 10.2. The van der Waals surface area contributed by atoms with E-state index in [0.29, 0.717) is 25.5 Å². The Labute approximate surface area is 171 Å². The van der Waals surface area contributed by atoms with E-state index in [9.17, 15) is 8.42 Å². The van der Waals surface area contributed by atoms with Crippen molar-refractivity contribution in [2.45, 2.75) is 25.4 Å². The third-order valence-electron chi connectivity index (χ3n) is 4.08. The fourth-order valence-electron chi connectivity index (χ4n) is 2.77. The highest BCUT2D eigenvalue weighted by atomic mass is 127. The molecule has 0 spiro atoms. The fourth-order valence-corrected chi connectivity index (χ4v) is 4.44. The number of hydrogen-bond donors (Lipinski definition) is 2. The predicted molar refractivity (Wildman–Crippen MR) is 114 cm³/mol. The van der Waals surface area contributed by atoms with E-state index in [0.717, 1.165) is 17.7 Å². The van der Waals surface area contributed by atoms with Crippen LogP contribution < -0.4 is 10.6 Å². The van der Waals surface area contributed by atoms with Crippen LogP contribution in [-0.4, -0.2) is 38.5 Å². The number of halogens is 1. The van der Waals surface area contributed by atoms with Gasteiger partial charge in [-0.15, -0.1) is 24.0 Å². The van der Waals surface area contributed by atoms with Gasteiger partial charge in [-0.3, -0.25) is 0 Å². The van der Waals surface area contributed by atoms with Gasteiger partial charge in [0.2, 0.25) is 0 Å². The molecule has 0 radical (unpaired) electrons. The van der Waals surface area contributed by atoms with Gasteiger partial charge in [-0.2, -0.15) is 0 Å². The van der Waals surface area contributed by atoms with Crippen LogP contribution in [0.25, 0.3) is 0 Å². The molecule has 2 heterocycles. The van der Waals surface area contributed by atoms with E-state index in [1.807, 2.05) is 42.5 Å². The van der Waals surface area contributed by atoms with E-state index >= 15 is 0 Å². The third kappa shape index (κ3) is 6.64. The third-order valence-corrected chi connectivity index (χ3v) is 5.85. The zero-order valence-corrected chi connectivity index (χ0v) is 17.6. The van der Waals surface area contributed by atoms with Crippen molar-refractivity contribution >= 4 is 39.8 Å². The Balaban J connectivity index is 0.00000243. The maximum Gasteiger partial charge on any atom is 0.191 e. The molecular weight excluding hydrogens is 465 g/mol. The number of benzene rings is 1. The molecule has 2 aromatic rings. The first-order valence-electron chi connectivity index (χ1n) is 8.42. The number of sulfone groups is 1. The summed E-state index contributed by atoms with van der Waals surface area (Å²) in [6.45, 7) is 1.20. The average molecular weight is 489 g/mol. The van der Waals surface area contributed by atoms with E-state index in [4.69, 9.17) is 4.42 Å². The summed E-state index contributed by atoms with van der Waals surface area (Å²) >= 11 is 0. The summed E-state index contributed by atoms with van der Waals surface area (Å²) in [5.74, 6) is 1.94. The molecule has 1 saturated heterocycles. The smallest absolute Gasteiger partial charge is 0.191 e. The molecule has 26 heavy (non-hydrogen) atoms. The summed E-state index contributed by atoms with van der Waals surface area (Å²) in [5.41, 5.74) is 1.11. The van der Waals surface area contributed by atoms with Crippen molar-refractivity contribution in [1.29, 1.82) is 0 Å². The number of nitrogens with one attached hydrogen (secondary N) is 2. The van der Waals surface area contributed by atoms with Gasteiger partial charge in [-0.1, -0.05) is 30.3 Å². The van der Waals surface area contributed by atoms with Crippen molar-refractivity contribution in [2.24, 2.45) is 4.99 Å². The molecule has 0 bridgehead atoms. The highest BCUT2D eigenvalue weighted by Gasteiger charge is 2.28. The molecule has 1 atom stereocenters. The van der Waals surface area contributed by atoms with Crippen LogP contribution in [0.3, 0.4) is 0 Å². The molecule has 6 nitrogen and oxygen atoms in total. The van der Waals surface area contributed by atoms with Crippen molar-refractivity contribution in [3.63, 3.8) is 0 Å². The van der Waals surface area contributed by atoms with Crippen molar-refractivity contribution in [1.82, 2.24) is 10.6 Å². The van der Waals surface area contributed by atoms with Crippen molar-refractivity contribution < 1.29 is 12.8 Å². The zero-order chi connectivity index (χ0) is 17.5. The van der Waals surface area contributed by atoms with Gasteiger partial charge in [0.15, 0.2) is 15.8 Å². The maximum atomic E-state index is 11.7. The molecule has 3 rings (SSSR count). The summed E-state index contributed by atoms with van der Waals surface area (Å²) in [7, 11) is -2.92. The Kier molecular flexibility index (Phi) is 7.95. The van der Waals surface area contributed by atoms with Gasteiger partial charge in [0, 0.05) is 19.0 Å². The van der Waals surface area contributed by atoms with Gasteiger partial charge in [-0.25, -0.2) is 13.4 Å². The van der Waals surface area contributed by atoms with E-state index in [1.54, 1.807) is 6.26 Å². The summed E-state index contributed by atoms with van der Waals surface area (Å²) in [4.78, 5) is 4.59. The normalized spacial score (nSPS) is 18.9. The molecule has 1 aromatic heterocycles. The van der Waals surface area contributed by atoms with Crippen LogP contribution in [0.4, 0.5) is 0 Å². The van der Waals surface area contributed by atoms with Crippen LogP contribution in [0.15, 0.2) is 58.1 Å². The number of nitrogens with zero attached hydrogens (tertiary/aromatic N) is 1. The molecule has 1 aromatic carbocycles. The molecule has 1 fully saturated rings. The number of furan rings is 1. The maximum absolute atomic E-state index is 11.7. The van der Waals surface area contributed by atoms with Gasteiger partial charge in [0.05, 0.1) is 24.3 Å². The lowest BCUT2D eigenvalue weighted by molar-refractivity contribution is 0.506. The quantitative estimate of drug-likeness (QED) is 0.370. The molecule has 8 heteroatoms. The molecular formula is C18H24IN3O3S. The topological polar surface area (TPSA) is 83.7 Å². The first kappa shape index (κ1) is 20.8. The van der Waals surface area contributed by atoms with Crippen LogP contribution in [0, 0.1) is 0 Å². The Morgan fingerprint density at radius 1 is 1.19 bits per heavy atom. The highest BCUT2D eigenvalue weighted by Crippen LogP contribution is 2.11. The van der Waals surface area contributed by atoms with E-state index in [1.165, 1.54) is 0 Å². The van der Waals surface area contributed by atoms with Crippen molar-refractivity contribution in [3.8, 4) is 0 Å². The lowest BCUT2D eigenvalue weighted by Gasteiger charge is -2.16. The van der Waals surface area contributed by atoms with Crippen LogP contribution >= 0.6 is 24.0 Å². The minimum atomic E-state index is -2.92. The van der Waals surface area contributed by atoms with Gasteiger partial charge >= 0.3 is 0 Å². The zero-order valence-electron chi connectivity index (χ0n) is 14.4. The Morgan fingerprint density at radius 3 is 2.65 bits per heavy atom. The Morgan fingerprint density at radius 2 is 2.00 bits per heavy atom. The Bertz CT molecular complexity index is 792. The molecule has 0 saturated carbocycles. The highest BCUT2D eigenvalue weighted by molar-refractivity contribution is 14.0. The van der Waals surface area contributed by atoms with Crippen LogP contribution in [0.2, 0.25) is 0 Å². The number of guanidine groups is 1. The fraction of sp³-hybridized carbons (Fsp3) is 0.389. The van der Waals surface area contributed by atoms with Crippen molar-refractivity contribution in [2.75, 3.05) is 18.1 Å². The minimum absolute atomic E-state index is 0. The summed E-state index contributed by atoms with van der Waals surface area (Å²) in [5, 5.41) is 6.52. The number of rotatable bonds is 6. The Hall–Kier alpha value is -1.55. The average Bonchev–Trinajstić information content (AvgIpc) is 3.23. The van der Waals surface area contributed by atoms with Crippen molar-refractivity contribution in [3.05, 3.63) is 60.1 Å². The molecule has 1 aliphatic heterocycles. The molecule has 142 valence electrons. The monoisotopic (exact) mass is 489 g/mol. The van der Waals surface area contributed by atoms with Crippen LogP contribution in [0.1, 0.15) is 17.7 Å². The summed E-state index contributed by atoms with van der Waals surface area (Å²) in [6.07, 6.45) is 3.01. The van der Waals surface area contributed by atoms with E-state index in [-0.39, 0.29) is 41.5 Å². The summed E-state index contributed by atoms with van der Waals surface area (Å²) < 4.78 is 28.6. The lowest BCUT2D eigenvalue weighted by atomic mass is 10.2. The van der Waals surface area contributed by atoms with E-state index in [2.05, 4.69) is 15.6 Å². The second kappa shape index (κ2) is 9.96. The molecule has 1 unspecified atom stereocenters. The second-order valence-electron chi connectivity index (χ2n) is 6.15. The number of hydrogen-bond acceptors (Lipinski definition) is 4. The largest absolute Gasteiger partial charge is 0.469 e. The predicted octanol–water partition coefficient (Wildman–Crippen LogP) is 2.36. The molecule has 0 aliphatic carbocycles. The lowest BCUT2D eigenvalue weighted by Crippen LogP contribution is -2.44. The molecule has 2 N–H and O–H groups in total. The second-order valence-corrected chi connectivity index (χ2v) is 8.38. The van der Waals surface area contributed by atoms with E-state index < -0.39 is 9.84 Å². The molecule has 0 amide bonds. The SMILES string of the molecule is I.O=S1(=O)CCC(NC(=NCc2ccccc2)NCCc2ccco2)C1. The van der Waals surface area contributed by atoms with Gasteiger partial charge in [-0.05, 0) is 24.1 Å². The van der Waals surface area contributed by atoms with Crippen LogP contribution in [-0.2, 0) is 22.8 Å². The van der Waals surface area contributed by atoms with Gasteiger partial charge < -0.3 is 15.1 Å². The van der Waals surface area contributed by atoms with Gasteiger partial charge in [0.1, 0.15) is 5.76 Å². The van der Waals surface area contributed by atoms with Gasteiger partial charge in [0.25, 0.3) is 0 Å². The molecule has 1 aliphatic rings. The number of aliphatic imine (C=N–C) groups is 1. The first-order chi connectivity index (χ1) is 12.1. The van der Waals surface area contributed by atoms with Crippen LogP contribution in [0.5, 0.6) is 0 Å². The summed E-state index contributed by atoms with van der Waals surface area (Å²) in [6, 6.07) is 13.7. The minimum Gasteiger partial charge on any atom is -0.469 e.